The second-order valence-electron chi connectivity index (χ2n) is 6.51. The molecule has 0 amide bonds. The number of halogens is 2. The van der Waals surface area contributed by atoms with E-state index >= 15 is 0 Å². The standard InChI is InChI=1S/C20H21ClFNO3/c1-26-18-9-8-16(22)11-17(18)19(13-4-6-15(21)7-5-13)23-10-2-3-14(12-23)20(24)25/h4-9,11,14,19H,2-3,10,12H2,1H3,(H,24,25). The molecule has 1 aliphatic rings. The maximum Gasteiger partial charge on any atom is 0.307 e. The van der Waals surface area contributed by atoms with Crippen LogP contribution in [0.25, 0.3) is 0 Å². The number of hydrogen-bond donors (Lipinski definition) is 1. The summed E-state index contributed by atoms with van der Waals surface area (Å²) in [6.45, 7) is 1.14. The number of likely N-dealkylation sites (tertiary alicyclic amines) is 1. The van der Waals surface area contributed by atoms with E-state index in [1.165, 1.54) is 12.1 Å². The number of hydrogen-bond acceptors (Lipinski definition) is 3. The van der Waals surface area contributed by atoms with Crippen molar-refractivity contribution in [2.24, 2.45) is 5.92 Å². The highest BCUT2D eigenvalue weighted by Gasteiger charge is 2.32. The van der Waals surface area contributed by atoms with Crippen molar-refractivity contribution in [1.29, 1.82) is 0 Å². The third kappa shape index (κ3) is 4.00. The van der Waals surface area contributed by atoms with Gasteiger partial charge in [0, 0.05) is 17.1 Å². The van der Waals surface area contributed by atoms with Gasteiger partial charge in [-0.2, -0.15) is 0 Å². The maximum atomic E-state index is 14.0. The van der Waals surface area contributed by atoms with Gasteiger partial charge in [0.05, 0.1) is 19.1 Å². The molecule has 0 spiro atoms. The zero-order valence-corrected chi connectivity index (χ0v) is 15.2. The summed E-state index contributed by atoms with van der Waals surface area (Å²) < 4.78 is 19.5. The van der Waals surface area contributed by atoms with Crippen LogP contribution in [-0.2, 0) is 4.79 Å². The largest absolute Gasteiger partial charge is 0.496 e. The van der Waals surface area contributed by atoms with E-state index in [-0.39, 0.29) is 11.9 Å². The Hall–Kier alpha value is -2.11. The Balaban J connectivity index is 2.06. The molecule has 26 heavy (non-hydrogen) atoms. The van der Waals surface area contributed by atoms with E-state index in [9.17, 15) is 14.3 Å². The molecule has 1 aliphatic heterocycles. The molecule has 0 radical (unpaired) electrons. The number of rotatable bonds is 5. The number of methoxy groups -OCH3 is 1. The van der Waals surface area contributed by atoms with Gasteiger partial charge in [0.1, 0.15) is 11.6 Å². The zero-order valence-electron chi connectivity index (χ0n) is 14.5. The van der Waals surface area contributed by atoms with Crippen LogP contribution in [0.4, 0.5) is 4.39 Å². The highest BCUT2D eigenvalue weighted by molar-refractivity contribution is 6.30. The average Bonchev–Trinajstić information content (AvgIpc) is 2.64. The van der Waals surface area contributed by atoms with Crippen LogP contribution in [0, 0.1) is 11.7 Å². The van der Waals surface area contributed by atoms with Gasteiger partial charge in [-0.1, -0.05) is 23.7 Å². The summed E-state index contributed by atoms with van der Waals surface area (Å²) in [5, 5.41) is 10.0. The van der Waals surface area contributed by atoms with Crippen LogP contribution in [-0.4, -0.2) is 36.2 Å². The first-order valence-corrected chi connectivity index (χ1v) is 8.93. The summed E-state index contributed by atoms with van der Waals surface area (Å²) in [5.41, 5.74) is 1.60. The fourth-order valence-corrected chi connectivity index (χ4v) is 3.72. The molecule has 0 aromatic heterocycles. The number of aliphatic carboxylic acids is 1. The molecule has 2 atom stereocenters. The SMILES string of the molecule is COc1ccc(F)cc1C(c1ccc(Cl)cc1)N1CCCC(C(=O)O)C1. The zero-order chi connectivity index (χ0) is 18.7. The van der Waals surface area contributed by atoms with Crippen molar-refractivity contribution in [3.05, 3.63) is 64.4 Å². The summed E-state index contributed by atoms with van der Waals surface area (Å²) in [6.07, 6.45) is 1.43. The molecule has 6 heteroatoms. The van der Waals surface area contributed by atoms with Crippen LogP contribution in [0.15, 0.2) is 42.5 Å². The molecular weight excluding hydrogens is 357 g/mol. The van der Waals surface area contributed by atoms with Gasteiger partial charge in [0.15, 0.2) is 0 Å². The van der Waals surface area contributed by atoms with E-state index in [0.29, 0.717) is 29.3 Å². The lowest BCUT2D eigenvalue weighted by Gasteiger charge is -2.38. The van der Waals surface area contributed by atoms with E-state index in [4.69, 9.17) is 16.3 Å². The van der Waals surface area contributed by atoms with Crippen molar-refractivity contribution in [3.8, 4) is 5.75 Å². The quantitative estimate of drug-likeness (QED) is 0.840. The van der Waals surface area contributed by atoms with Crippen LogP contribution in [0.2, 0.25) is 5.02 Å². The van der Waals surface area contributed by atoms with Crippen molar-refractivity contribution in [2.45, 2.75) is 18.9 Å². The Morgan fingerprint density at radius 1 is 1.31 bits per heavy atom. The van der Waals surface area contributed by atoms with Crippen LogP contribution in [0.1, 0.15) is 30.0 Å². The van der Waals surface area contributed by atoms with Gasteiger partial charge < -0.3 is 9.84 Å². The third-order valence-corrected chi connectivity index (χ3v) is 5.09. The average molecular weight is 378 g/mol. The van der Waals surface area contributed by atoms with Crippen LogP contribution >= 0.6 is 11.6 Å². The third-order valence-electron chi connectivity index (χ3n) is 4.84. The van der Waals surface area contributed by atoms with Crippen molar-refractivity contribution in [1.82, 2.24) is 4.90 Å². The molecule has 3 rings (SSSR count). The minimum Gasteiger partial charge on any atom is -0.496 e. The van der Waals surface area contributed by atoms with Gasteiger partial charge in [0.25, 0.3) is 0 Å². The topological polar surface area (TPSA) is 49.8 Å². The Labute approximate surface area is 157 Å². The van der Waals surface area contributed by atoms with Gasteiger partial charge in [-0.05, 0) is 55.3 Å². The Bertz CT molecular complexity index is 781. The Morgan fingerprint density at radius 2 is 2.04 bits per heavy atom. The second-order valence-corrected chi connectivity index (χ2v) is 6.95. The molecule has 1 N–H and O–H groups in total. The van der Waals surface area contributed by atoms with E-state index in [1.54, 1.807) is 25.3 Å². The molecule has 1 fully saturated rings. The molecule has 2 aromatic carbocycles. The molecule has 1 heterocycles. The Morgan fingerprint density at radius 3 is 2.69 bits per heavy atom. The normalized spacial score (nSPS) is 19.1. The van der Waals surface area contributed by atoms with E-state index in [2.05, 4.69) is 4.90 Å². The van der Waals surface area contributed by atoms with Crippen molar-refractivity contribution >= 4 is 17.6 Å². The molecule has 2 aromatic rings. The number of carbonyl (C=O) groups is 1. The fourth-order valence-electron chi connectivity index (χ4n) is 3.59. The first-order valence-electron chi connectivity index (χ1n) is 8.55. The summed E-state index contributed by atoms with van der Waals surface area (Å²) in [5.74, 6) is -1.01. The lowest BCUT2D eigenvalue weighted by atomic mass is 9.91. The predicted molar refractivity (Wildman–Crippen MR) is 98.2 cm³/mol. The molecule has 0 saturated carbocycles. The smallest absolute Gasteiger partial charge is 0.307 e. The maximum absolute atomic E-state index is 14.0. The van der Waals surface area contributed by atoms with E-state index < -0.39 is 11.9 Å². The minimum atomic E-state index is -0.796. The highest BCUT2D eigenvalue weighted by atomic mass is 35.5. The number of nitrogens with zero attached hydrogens (tertiary/aromatic N) is 1. The van der Waals surface area contributed by atoms with Gasteiger partial charge in [0.2, 0.25) is 0 Å². The molecule has 1 saturated heterocycles. The lowest BCUT2D eigenvalue weighted by molar-refractivity contribution is -0.143. The molecule has 4 nitrogen and oxygen atoms in total. The van der Waals surface area contributed by atoms with Gasteiger partial charge in [-0.25, -0.2) is 4.39 Å². The lowest BCUT2D eigenvalue weighted by Crippen LogP contribution is -2.41. The minimum absolute atomic E-state index is 0.305. The van der Waals surface area contributed by atoms with Crippen LogP contribution in [0.5, 0.6) is 5.75 Å². The number of piperidine rings is 1. The molecular formula is C20H21ClFNO3. The van der Waals surface area contributed by atoms with E-state index in [1.807, 2.05) is 12.1 Å². The van der Waals surface area contributed by atoms with Gasteiger partial charge >= 0.3 is 5.97 Å². The van der Waals surface area contributed by atoms with E-state index in [0.717, 1.165) is 18.5 Å². The second kappa shape index (κ2) is 8.06. The molecule has 2 unspecified atom stereocenters. The summed E-state index contributed by atoms with van der Waals surface area (Å²) in [6, 6.07) is 11.5. The number of carboxylic acids is 1. The van der Waals surface area contributed by atoms with Crippen molar-refractivity contribution in [3.63, 3.8) is 0 Å². The molecule has 0 bridgehead atoms. The van der Waals surface area contributed by atoms with Crippen molar-refractivity contribution < 1.29 is 19.0 Å². The first-order chi connectivity index (χ1) is 12.5. The summed E-state index contributed by atoms with van der Waals surface area (Å²) in [4.78, 5) is 13.6. The predicted octanol–water partition coefficient (Wildman–Crippen LogP) is 4.37. The van der Waals surface area contributed by atoms with Gasteiger partial charge in [-0.15, -0.1) is 0 Å². The molecule has 138 valence electrons. The highest BCUT2D eigenvalue weighted by Crippen LogP contribution is 2.38. The Kier molecular flexibility index (Phi) is 5.79. The van der Waals surface area contributed by atoms with Crippen molar-refractivity contribution in [2.75, 3.05) is 20.2 Å². The van der Waals surface area contributed by atoms with Gasteiger partial charge in [-0.3, -0.25) is 9.69 Å². The number of benzene rings is 2. The summed E-state index contributed by atoms with van der Waals surface area (Å²) >= 11 is 6.02. The van der Waals surface area contributed by atoms with Crippen LogP contribution in [0.3, 0.4) is 0 Å². The fraction of sp³-hybridized carbons (Fsp3) is 0.350. The number of carboxylic acid groups (broad SMARTS) is 1. The summed E-state index contributed by atoms with van der Waals surface area (Å²) in [7, 11) is 1.55. The number of ether oxygens (including phenoxy) is 1. The molecule has 0 aliphatic carbocycles. The first kappa shape index (κ1) is 18.7. The monoisotopic (exact) mass is 377 g/mol. The van der Waals surface area contributed by atoms with Crippen LogP contribution < -0.4 is 4.74 Å².